The molecule has 0 fully saturated rings. The first-order chi connectivity index (χ1) is 11.5. The Labute approximate surface area is 138 Å². The van der Waals surface area contributed by atoms with Crippen molar-refractivity contribution in [3.8, 4) is 0 Å². The molecule has 2 aromatic rings. The van der Waals surface area contributed by atoms with Gasteiger partial charge in [0.2, 0.25) is 0 Å². The zero-order chi connectivity index (χ0) is 17.5. The average molecular weight is 329 g/mol. The Balaban J connectivity index is 2.01. The predicted octanol–water partition coefficient (Wildman–Crippen LogP) is 3.27. The lowest BCUT2D eigenvalue weighted by Gasteiger charge is -2.04. The minimum Gasteiger partial charge on any atom is -0.453 e. The van der Waals surface area contributed by atoms with Crippen LogP contribution in [0.1, 0.15) is 16.8 Å². The third-order valence-corrected chi connectivity index (χ3v) is 3.08. The summed E-state index contributed by atoms with van der Waals surface area (Å²) in [6.07, 6.45) is -0.649. The van der Waals surface area contributed by atoms with Gasteiger partial charge in [-0.3, -0.25) is 10.1 Å². The first kappa shape index (κ1) is 17.1. The maximum atomic E-state index is 12.8. The highest BCUT2D eigenvalue weighted by Gasteiger charge is 2.08. The highest BCUT2D eigenvalue weighted by molar-refractivity contribution is 6.09. The molecule has 0 aliphatic heterocycles. The maximum Gasteiger partial charge on any atom is 0.411 e. The van der Waals surface area contributed by atoms with E-state index in [4.69, 9.17) is 5.73 Å². The monoisotopic (exact) mass is 329 g/mol. The zero-order valence-electron chi connectivity index (χ0n) is 13.0. The second kappa shape index (κ2) is 7.87. The number of rotatable bonds is 5. The lowest BCUT2D eigenvalue weighted by molar-refractivity contribution is 0.100. The van der Waals surface area contributed by atoms with Crippen LogP contribution in [-0.2, 0) is 4.74 Å². The molecule has 24 heavy (non-hydrogen) atoms. The van der Waals surface area contributed by atoms with Gasteiger partial charge < -0.3 is 10.5 Å². The number of nitrogens with zero attached hydrogens (tertiary/aromatic N) is 1. The summed E-state index contributed by atoms with van der Waals surface area (Å²) in [5.41, 5.74) is 7.23. The molecule has 0 bridgehead atoms. The van der Waals surface area contributed by atoms with Crippen molar-refractivity contribution in [1.29, 1.82) is 0 Å². The van der Waals surface area contributed by atoms with Crippen LogP contribution in [0, 0.1) is 5.82 Å². The molecular weight excluding hydrogens is 313 g/mol. The highest BCUT2D eigenvalue weighted by Crippen LogP contribution is 2.17. The number of ether oxygens (including phenoxy) is 1. The molecule has 3 N–H and O–H groups in total. The van der Waals surface area contributed by atoms with Crippen LogP contribution in [-0.4, -0.2) is 24.8 Å². The van der Waals surface area contributed by atoms with E-state index in [1.165, 1.54) is 31.4 Å². The molecule has 0 unspecified atom stereocenters. The van der Waals surface area contributed by atoms with Gasteiger partial charge in [0.25, 0.3) is 0 Å². The number of halogens is 1. The van der Waals surface area contributed by atoms with E-state index in [1.54, 1.807) is 24.3 Å². The van der Waals surface area contributed by atoms with Crippen molar-refractivity contribution in [2.75, 3.05) is 12.4 Å². The Morgan fingerprint density at radius 1 is 1.12 bits per heavy atom. The number of methoxy groups -OCH3 is 1. The number of anilines is 1. The number of aliphatic imine (C=N–C) groups is 1. The average Bonchev–Trinajstić information content (AvgIpc) is 2.57. The van der Waals surface area contributed by atoms with Crippen LogP contribution in [0.15, 0.2) is 53.5 Å². The molecule has 0 spiro atoms. The molecule has 0 saturated heterocycles. The van der Waals surface area contributed by atoms with Crippen LogP contribution in [0.2, 0.25) is 0 Å². The number of hydrogen-bond donors (Lipinski definition) is 2. The Hall–Kier alpha value is -3.22. The molecule has 0 aromatic heterocycles. The van der Waals surface area contributed by atoms with Gasteiger partial charge in [-0.1, -0.05) is 0 Å². The standard InChI is InChI=1S/C17H16FN3O3/c1-24-17(23)21-14-8-6-13(7-9-14)20-16(19)10-15(22)11-2-4-12(18)5-3-11/h2-9H,10H2,1H3,(H2,19,20)(H,21,23). The number of Topliss-reactive ketones (excluding diaryl/α,β-unsaturated/α-hetero) is 1. The minimum atomic E-state index is -0.573. The van der Waals surface area contributed by atoms with E-state index in [9.17, 15) is 14.0 Å². The SMILES string of the molecule is COC(=O)Nc1ccc(N=C(N)CC(=O)c2ccc(F)cc2)cc1. The van der Waals surface area contributed by atoms with Crippen molar-refractivity contribution in [1.82, 2.24) is 0 Å². The van der Waals surface area contributed by atoms with Gasteiger partial charge in [0.15, 0.2) is 5.78 Å². The molecule has 2 aromatic carbocycles. The van der Waals surface area contributed by atoms with Crippen LogP contribution in [0.5, 0.6) is 0 Å². The fourth-order valence-electron chi connectivity index (χ4n) is 1.90. The van der Waals surface area contributed by atoms with Gasteiger partial charge in [0, 0.05) is 11.3 Å². The first-order valence-electron chi connectivity index (χ1n) is 7.05. The molecule has 2 rings (SSSR count). The molecule has 6 nitrogen and oxygen atoms in total. The van der Waals surface area contributed by atoms with Gasteiger partial charge in [0.1, 0.15) is 11.7 Å². The summed E-state index contributed by atoms with van der Waals surface area (Å²) >= 11 is 0. The second-order valence-corrected chi connectivity index (χ2v) is 4.87. The Morgan fingerprint density at radius 3 is 2.33 bits per heavy atom. The molecule has 0 heterocycles. The quantitative estimate of drug-likeness (QED) is 0.500. The van der Waals surface area contributed by atoms with Crippen molar-refractivity contribution >= 4 is 29.1 Å². The fraction of sp³-hybridized carbons (Fsp3) is 0.118. The molecule has 0 aliphatic carbocycles. The first-order valence-corrected chi connectivity index (χ1v) is 7.05. The summed E-state index contributed by atoms with van der Waals surface area (Å²) in [6, 6.07) is 11.8. The van der Waals surface area contributed by atoms with E-state index in [-0.39, 0.29) is 18.0 Å². The third-order valence-electron chi connectivity index (χ3n) is 3.08. The van der Waals surface area contributed by atoms with E-state index in [1.807, 2.05) is 0 Å². The van der Waals surface area contributed by atoms with Crippen LogP contribution >= 0.6 is 0 Å². The highest BCUT2D eigenvalue weighted by atomic mass is 19.1. The van der Waals surface area contributed by atoms with E-state index < -0.39 is 11.9 Å². The Kier molecular flexibility index (Phi) is 5.62. The number of nitrogens with two attached hydrogens (primary N) is 1. The molecule has 7 heteroatoms. The number of amides is 1. The topological polar surface area (TPSA) is 93.8 Å². The lowest BCUT2D eigenvalue weighted by atomic mass is 10.1. The smallest absolute Gasteiger partial charge is 0.411 e. The molecule has 1 amide bonds. The third kappa shape index (κ3) is 4.91. The summed E-state index contributed by atoms with van der Waals surface area (Å²) in [6.45, 7) is 0. The molecule has 0 radical (unpaired) electrons. The van der Waals surface area contributed by atoms with Gasteiger partial charge in [0.05, 0.1) is 19.2 Å². The Morgan fingerprint density at radius 2 is 1.75 bits per heavy atom. The summed E-state index contributed by atoms with van der Waals surface area (Å²) in [5.74, 6) is -0.521. The Bertz CT molecular complexity index is 756. The number of carbonyl (C=O) groups is 2. The molecule has 124 valence electrons. The fourth-order valence-corrected chi connectivity index (χ4v) is 1.90. The van der Waals surface area contributed by atoms with Gasteiger partial charge in [-0.25, -0.2) is 14.2 Å². The predicted molar refractivity (Wildman–Crippen MR) is 89.1 cm³/mol. The largest absolute Gasteiger partial charge is 0.453 e. The normalized spacial score (nSPS) is 11.0. The summed E-state index contributed by atoms with van der Waals surface area (Å²) in [5, 5.41) is 2.50. The molecule has 0 saturated carbocycles. The molecule has 0 aliphatic rings. The number of benzene rings is 2. The summed E-state index contributed by atoms with van der Waals surface area (Å²) < 4.78 is 17.3. The number of amidine groups is 1. The number of carbonyl (C=O) groups excluding carboxylic acids is 2. The van der Waals surface area contributed by atoms with Crippen LogP contribution in [0.25, 0.3) is 0 Å². The molecule has 0 atom stereocenters. The van der Waals surface area contributed by atoms with E-state index in [0.29, 0.717) is 16.9 Å². The van der Waals surface area contributed by atoms with Crippen molar-refractivity contribution in [2.45, 2.75) is 6.42 Å². The van der Waals surface area contributed by atoms with E-state index in [2.05, 4.69) is 15.0 Å². The van der Waals surface area contributed by atoms with Crippen molar-refractivity contribution in [3.05, 3.63) is 59.9 Å². The summed E-state index contributed by atoms with van der Waals surface area (Å²) in [4.78, 5) is 27.2. The van der Waals surface area contributed by atoms with Crippen LogP contribution in [0.3, 0.4) is 0 Å². The van der Waals surface area contributed by atoms with Crippen LogP contribution in [0.4, 0.5) is 20.6 Å². The van der Waals surface area contributed by atoms with Crippen molar-refractivity contribution in [2.24, 2.45) is 10.7 Å². The van der Waals surface area contributed by atoms with Gasteiger partial charge in [-0.05, 0) is 48.5 Å². The number of nitrogens with one attached hydrogen (secondary N) is 1. The molecular formula is C17H16FN3O3. The lowest BCUT2D eigenvalue weighted by Crippen LogP contribution is -2.16. The van der Waals surface area contributed by atoms with Crippen molar-refractivity contribution in [3.63, 3.8) is 0 Å². The van der Waals surface area contributed by atoms with Crippen molar-refractivity contribution < 1.29 is 18.7 Å². The van der Waals surface area contributed by atoms with Gasteiger partial charge in [-0.15, -0.1) is 0 Å². The van der Waals surface area contributed by atoms with E-state index >= 15 is 0 Å². The minimum absolute atomic E-state index is 0.0756. The van der Waals surface area contributed by atoms with E-state index in [0.717, 1.165) is 0 Å². The van der Waals surface area contributed by atoms with Gasteiger partial charge in [-0.2, -0.15) is 0 Å². The van der Waals surface area contributed by atoms with Crippen LogP contribution < -0.4 is 11.1 Å². The number of hydrogen-bond acceptors (Lipinski definition) is 4. The van der Waals surface area contributed by atoms with Gasteiger partial charge >= 0.3 is 6.09 Å². The zero-order valence-corrected chi connectivity index (χ0v) is 13.0. The maximum absolute atomic E-state index is 12.8. The number of ketones is 1. The summed E-state index contributed by atoms with van der Waals surface area (Å²) in [7, 11) is 1.27. The second-order valence-electron chi connectivity index (χ2n) is 4.87.